The molecule has 2 aromatic carbocycles. The Morgan fingerprint density at radius 1 is 1.12 bits per heavy atom. The number of amides is 2. The van der Waals surface area contributed by atoms with Gasteiger partial charge in [0.25, 0.3) is 10.2 Å². The zero-order valence-corrected chi connectivity index (χ0v) is 25.4. The Labute approximate surface area is 250 Å². The van der Waals surface area contributed by atoms with Crippen molar-refractivity contribution in [2.75, 3.05) is 18.4 Å². The fourth-order valence-corrected chi connectivity index (χ4v) is 4.85. The first-order chi connectivity index (χ1) is 20.1. The van der Waals surface area contributed by atoms with Crippen molar-refractivity contribution < 1.29 is 37.1 Å². The van der Waals surface area contributed by atoms with Crippen molar-refractivity contribution >= 4 is 45.4 Å². The van der Waals surface area contributed by atoms with Gasteiger partial charge in [-0.2, -0.15) is 18.1 Å². The average molecular weight is 617 g/mol. The third kappa shape index (κ3) is 10.7. The molecular weight excluding hydrogens is 580 g/mol. The number of oxime groups is 1. The summed E-state index contributed by atoms with van der Waals surface area (Å²) in [5, 5.41) is 6.59. The second-order valence-electron chi connectivity index (χ2n) is 10.7. The largest absolute Gasteiger partial charge is 0.468 e. The number of aliphatic imine (C=N–C) groups is 1. The first-order valence-corrected chi connectivity index (χ1v) is 14.7. The monoisotopic (exact) mass is 616 g/mol. The molecule has 0 spiro atoms. The van der Waals surface area contributed by atoms with Gasteiger partial charge in [-0.15, -0.1) is 0 Å². The van der Waals surface area contributed by atoms with Crippen LogP contribution in [0.4, 0.5) is 10.5 Å². The Hall–Kier alpha value is -4.50. The van der Waals surface area contributed by atoms with Gasteiger partial charge in [-0.25, -0.2) is 4.79 Å². The first kappa shape index (κ1) is 33.0. The van der Waals surface area contributed by atoms with Crippen LogP contribution >= 0.6 is 0 Å². The van der Waals surface area contributed by atoms with Crippen molar-refractivity contribution in [1.29, 1.82) is 0 Å². The van der Waals surface area contributed by atoms with E-state index in [1.54, 1.807) is 69.3 Å². The molecule has 14 nitrogen and oxygen atoms in total. The van der Waals surface area contributed by atoms with Crippen LogP contribution in [0.25, 0.3) is 0 Å². The molecule has 1 heterocycles. The Morgan fingerprint density at radius 3 is 2.37 bits per heavy atom. The molecule has 5 N–H and O–H groups in total. The minimum atomic E-state index is -4.17. The molecule has 1 aliphatic rings. The van der Waals surface area contributed by atoms with E-state index >= 15 is 0 Å². The number of amidine groups is 1. The predicted molar refractivity (Wildman–Crippen MR) is 160 cm³/mol. The minimum absolute atomic E-state index is 0.00145. The van der Waals surface area contributed by atoms with Crippen molar-refractivity contribution in [3.63, 3.8) is 0 Å². The smallest absolute Gasteiger partial charge is 0.436 e. The number of benzene rings is 2. The summed E-state index contributed by atoms with van der Waals surface area (Å²) in [7, 11) is -3.06. The molecular formula is C28H36N6O8S. The summed E-state index contributed by atoms with van der Waals surface area (Å²) in [4.78, 5) is 45.9. The van der Waals surface area contributed by atoms with Gasteiger partial charge in [-0.3, -0.25) is 14.3 Å². The number of esters is 1. The van der Waals surface area contributed by atoms with Crippen molar-refractivity contribution in [2.24, 2.45) is 15.9 Å². The number of hydrogen-bond acceptors (Lipinski definition) is 9. The summed E-state index contributed by atoms with van der Waals surface area (Å²) in [5.41, 5.74) is 8.29. The first-order valence-electron chi connectivity index (χ1n) is 13.3. The summed E-state index contributed by atoms with van der Waals surface area (Å²) >= 11 is 0. The van der Waals surface area contributed by atoms with E-state index in [9.17, 15) is 22.8 Å². The number of ether oxygens (including phenoxy) is 2. The number of carbonyl (C=O) groups excluding carboxylic acids is 3. The highest BCUT2D eigenvalue weighted by Gasteiger charge is 2.28. The second kappa shape index (κ2) is 14.1. The van der Waals surface area contributed by atoms with E-state index in [4.69, 9.17) is 15.3 Å². The number of rotatable bonds is 11. The fourth-order valence-electron chi connectivity index (χ4n) is 3.79. The molecule has 0 radical (unpaired) electrons. The van der Waals surface area contributed by atoms with Crippen LogP contribution in [0.15, 0.2) is 58.7 Å². The molecule has 1 unspecified atom stereocenters. The lowest BCUT2D eigenvalue weighted by Crippen LogP contribution is -2.50. The average Bonchev–Trinajstić information content (AvgIpc) is 3.39. The molecule has 2 amide bonds. The molecule has 1 aliphatic heterocycles. The lowest BCUT2D eigenvalue weighted by Gasteiger charge is -2.18. The molecule has 0 bridgehead atoms. The van der Waals surface area contributed by atoms with E-state index in [1.807, 2.05) is 6.92 Å². The maximum Gasteiger partial charge on any atom is 0.436 e. The lowest BCUT2D eigenvalue weighted by atomic mass is 10.0. The highest BCUT2D eigenvalue weighted by Crippen LogP contribution is 2.20. The Kier molecular flexibility index (Phi) is 10.8. The number of nitrogens with zero attached hydrogens (tertiary/aromatic N) is 2. The van der Waals surface area contributed by atoms with Crippen LogP contribution in [-0.4, -0.2) is 69.3 Å². The number of nitrogens with two attached hydrogens (primary N) is 1. The third-order valence-corrected chi connectivity index (χ3v) is 6.95. The molecule has 232 valence electrons. The molecule has 3 rings (SSSR count). The van der Waals surface area contributed by atoms with Gasteiger partial charge in [0.1, 0.15) is 23.6 Å². The highest BCUT2D eigenvalue weighted by molar-refractivity contribution is 7.90. The van der Waals surface area contributed by atoms with Gasteiger partial charge in [0.2, 0.25) is 5.91 Å². The van der Waals surface area contributed by atoms with Crippen LogP contribution in [-0.2, 0) is 34.1 Å². The van der Waals surface area contributed by atoms with Crippen LogP contribution in [0.5, 0.6) is 0 Å². The number of aryl methyl sites for hydroxylation is 1. The van der Waals surface area contributed by atoms with Crippen LogP contribution in [0.1, 0.15) is 50.3 Å². The van der Waals surface area contributed by atoms with Gasteiger partial charge in [0, 0.05) is 24.2 Å². The van der Waals surface area contributed by atoms with Crippen molar-refractivity contribution in [1.82, 2.24) is 10.0 Å². The van der Waals surface area contributed by atoms with Gasteiger partial charge in [0.15, 0.2) is 0 Å². The fraction of sp³-hybridized carbons (Fsp3) is 0.393. The lowest BCUT2D eigenvalue weighted by molar-refractivity contribution is -0.142. The molecule has 15 heteroatoms. The zero-order chi connectivity index (χ0) is 31.8. The zero-order valence-electron chi connectivity index (χ0n) is 24.5. The summed E-state index contributed by atoms with van der Waals surface area (Å²) in [6, 6.07) is 12.0. The van der Waals surface area contributed by atoms with Gasteiger partial charge < -0.3 is 25.4 Å². The Bertz CT molecular complexity index is 1480. The van der Waals surface area contributed by atoms with Crippen molar-refractivity contribution in [3.8, 4) is 0 Å². The topological polar surface area (TPSA) is 200 Å². The standard InChI is InChI=1S/C28H36N6O8S/c1-17-6-12-20(13-7-17)33-43(38,39)34-23(26(36)40-5)16-30-24(35)15-21-14-22(32-42-21)18-8-10-19(11-9-18)25(29)31-27(37)41-28(2,3)4/h6-13,21,23,33-34H,14-16H2,1-5H3,(H,30,35)(H2,29,31,37)/t21?,23-/m0/s1. The van der Waals surface area contributed by atoms with E-state index in [0.29, 0.717) is 23.4 Å². The summed E-state index contributed by atoms with van der Waals surface area (Å²) in [6.07, 6.45) is -1.15. The number of carbonyl (C=O) groups is 3. The van der Waals surface area contributed by atoms with Gasteiger partial charge in [-0.05, 0) is 45.4 Å². The van der Waals surface area contributed by atoms with Crippen molar-refractivity contribution in [2.45, 2.75) is 58.3 Å². The molecule has 0 saturated heterocycles. The third-order valence-electron chi connectivity index (χ3n) is 5.86. The quantitative estimate of drug-likeness (QED) is 0.166. The summed E-state index contributed by atoms with van der Waals surface area (Å²) in [5.74, 6) is -1.36. The van der Waals surface area contributed by atoms with Gasteiger partial charge in [-0.1, -0.05) is 47.1 Å². The number of nitrogens with one attached hydrogen (secondary N) is 3. The SMILES string of the molecule is COC(=O)[C@H](CNC(=O)CC1CC(c2ccc(/C(N)=N\C(=O)OC(C)(C)C)cc2)=NO1)NS(=O)(=O)Nc1ccc(C)cc1. The van der Waals surface area contributed by atoms with E-state index in [0.717, 1.165) is 18.2 Å². The van der Waals surface area contributed by atoms with E-state index < -0.39 is 45.9 Å². The molecule has 0 aromatic heterocycles. The van der Waals surface area contributed by atoms with E-state index in [-0.39, 0.29) is 18.8 Å². The Balaban J connectivity index is 1.51. The normalized spacial score (nSPS) is 16.0. The summed E-state index contributed by atoms with van der Waals surface area (Å²) in [6.45, 7) is 6.68. The molecule has 0 fully saturated rings. The maximum atomic E-state index is 12.6. The second-order valence-corrected chi connectivity index (χ2v) is 12.1. The molecule has 0 saturated carbocycles. The van der Waals surface area contributed by atoms with Crippen molar-refractivity contribution in [3.05, 3.63) is 65.2 Å². The van der Waals surface area contributed by atoms with Gasteiger partial charge >= 0.3 is 12.1 Å². The number of anilines is 1. The predicted octanol–water partition coefficient (Wildman–Crippen LogP) is 2.12. The summed E-state index contributed by atoms with van der Waals surface area (Å²) < 4.78 is 39.4. The highest BCUT2D eigenvalue weighted by atomic mass is 32.2. The molecule has 43 heavy (non-hydrogen) atoms. The maximum absolute atomic E-state index is 12.6. The number of methoxy groups -OCH3 is 1. The van der Waals surface area contributed by atoms with Crippen LogP contribution in [0, 0.1) is 6.92 Å². The van der Waals surface area contributed by atoms with E-state index in [1.165, 1.54) is 0 Å². The van der Waals surface area contributed by atoms with Crippen LogP contribution in [0.3, 0.4) is 0 Å². The van der Waals surface area contributed by atoms with Crippen LogP contribution in [0.2, 0.25) is 0 Å². The molecule has 0 aliphatic carbocycles. The molecule has 2 aromatic rings. The van der Waals surface area contributed by atoms with E-state index in [2.05, 4.69) is 29.6 Å². The molecule has 2 atom stereocenters. The number of hydrogen-bond donors (Lipinski definition) is 4. The van der Waals surface area contributed by atoms with Crippen LogP contribution < -0.4 is 20.5 Å². The Morgan fingerprint density at radius 2 is 1.77 bits per heavy atom. The van der Waals surface area contributed by atoms with Gasteiger partial charge in [0.05, 0.1) is 19.2 Å². The minimum Gasteiger partial charge on any atom is -0.468 e.